The van der Waals surface area contributed by atoms with Gasteiger partial charge in [0.1, 0.15) is 5.78 Å². The highest BCUT2D eigenvalue weighted by Crippen LogP contribution is 2.49. The van der Waals surface area contributed by atoms with E-state index < -0.39 is 0 Å². The lowest BCUT2D eigenvalue weighted by molar-refractivity contribution is -0.122. The number of benzene rings is 1. The fourth-order valence-corrected chi connectivity index (χ4v) is 4.52. The van der Waals surface area contributed by atoms with E-state index >= 15 is 0 Å². The molecular weight excluding hydrogens is 302 g/mol. The Hall–Kier alpha value is -1.55. The molecule has 2 saturated carbocycles. The maximum atomic E-state index is 12.0. The first-order valence-electron chi connectivity index (χ1n) is 9.15. The van der Waals surface area contributed by atoms with Crippen LogP contribution in [0, 0.1) is 5.92 Å². The third-order valence-corrected chi connectivity index (χ3v) is 6.26. The van der Waals surface area contributed by atoms with Crippen molar-refractivity contribution in [3.8, 4) is 11.5 Å². The lowest BCUT2D eigenvalue weighted by Crippen LogP contribution is -2.46. The molecule has 4 rings (SSSR count). The minimum absolute atomic E-state index is 0.0899. The number of hydrogen-bond acceptors (Lipinski definition) is 4. The number of methoxy groups -OCH3 is 1. The van der Waals surface area contributed by atoms with Gasteiger partial charge in [-0.2, -0.15) is 0 Å². The summed E-state index contributed by atoms with van der Waals surface area (Å²) in [7, 11) is 3.85. The molecule has 0 amide bonds. The number of likely N-dealkylation sites (tertiary alicyclic amines) is 1. The fourth-order valence-electron chi connectivity index (χ4n) is 4.52. The Morgan fingerprint density at radius 3 is 2.83 bits per heavy atom. The van der Waals surface area contributed by atoms with Crippen LogP contribution in [0.3, 0.4) is 0 Å². The topological polar surface area (TPSA) is 38.8 Å². The van der Waals surface area contributed by atoms with Gasteiger partial charge in [-0.25, -0.2) is 0 Å². The Kier molecular flexibility index (Phi) is 4.03. The zero-order valence-corrected chi connectivity index (χ0v) is 14.7. The average Bonchev–Trinajstić information content (AvgIpc) is 3.37. The van der Waals surface area contributed by atoms with Gasteiger partial charge in [-0.05, 0) is 62.9 Å². The summed E-state index contributed by atoms with van der Waals surface area (Å²) in [5, 5.41) is 0. The molecule has 0 N–H and O–H groups in total. The van der Waals surface area contributed by atoms with E-state index in [2.05, 4.69) is 24.1 Å². The van der Waals surface area contributed by atoms with E-state index in [9.17, 15) is 4.79 Å². The van der Waals surface area contributed by atoms with Gasteiger partial charge >= 0.3 is 0 Å². The van der Waals surface area contributed by atoms with Crippen LogP contribution < -0.4 is 9.47 Å². The van der Waals surface area contributed by atoms with E-state index in [1.807, 2.05) is 6.07 Å². The summed E-state index contributed by atoms with van der Waals surface area (Å²) in [6, 6.07) is 6.73. The molecule has 1 aromatic carbocycles. The van der Waals surface area contributed by atoms with Gasteiger partial charge in [0.05, 0.1) is 13.7 Å². The number of ketones is 1. The summed E-state index contributed by atoms with van der Waals surface area (Å²) in [6.07, 6.45) is 6.02. The van der Waals surface area contributed by atoms with Crippen LogP contribution in [0.4, 0.5) is 0 Å². The highest BCUT2D eigenvalue weighted by Gasteiger charge is 2.50. The molecule has 1 saturated heterocycles. The van der Waals surface area contributed by atoms with Gasteiger partial charge in [0.2, 0.25) is 0 Å². The summed E-state index contributed by atoms with van der Waals surface area (Å²) in [4.78, 5) is 14.4. The van der Waals surface area contributed by atoms with Crippen molar-refractivity contribution >= 4 is 5.78 Å². The van der Waals surface area contributed by atoms with Crippen molar-refractivity contribution in [1.29, 1.82) is 0 Å². The molecule has 2 atom stereocenters. The highest BCUT2D eigenvalue weighted by atomic mass is 16.5. The first-order chi connectivity index (χ1) is 11.6. The molecule has 2 aliphatic carbocycles. The Bertz CT molecular complexity index is 640. The molecule has 0 spiro atoms. The van der Waals surface area contributed by atoms with Gasteiger partial charge in [0.25, 0.3) is 0 Å². The number of hydrogen-bond donors (Lipinski definition) is 0. The number of carbonyl (C=O) groups excluding carboxylic acids is 1. The molecule has 4 nitrogen and oxygen atoms in total. The molecular formula is C20H27NO3. The molecule has 0 bridgehead atoms. The Balaban J connectivity index is 1.66. The molecule has 0 unspecified atom stereocenters. The molecule has 1 heterocycles. The fraction of sp³-hybridized carbons (Fsp3) is 0.650. The third kappa shape index (κ3) is 2.71. The third-order valence-electron chi connectivity index (χ3n) is 6.26. The molecule has 4 heteroatoms. The predicted molar refractivity (Wildman–Crippen MR) is 92.8 cm³/mol. The first kappa shape index (κ1) is 15.9. The van der Waals surface area contributed by atoms with Crippen LogP contribution in [0.5, 0.6) is 11.5 Å². The smallest absolute Gasteiger partial charge is 0.161 e. The largest absolute Gasteiger partial charge is 0.493 e. The molecule has 1 aliphatic heterocycles. The Morgan fingerprint density at radius 2 is 2.08 bits per heavy atom. The minimum atomic E-state index is 0.0899. The van der Waals surface area contributed by atoms with Crippen molar-refractivity contribution in [2.45, 2.75) is 50.0 Å². The van der Waals surface area contributed by atoms with Gasteiger partial charge in [-0.1, -0.05) is 6.07 Å². The van der Waals surface area contributed by atoms with Crippen LogP contribution in [0.1, 0.15) is 44.1 Å². The summed E-state index contributed by atoms with van der Waals surface area (Å²) in [5.41, 5.74) is 1.41. The first-order valence-corrected chi connectivity index (χ1v) is 9.15. The highest BCUT2D eigenvalue weighted by molar-refractivity contribution is 5.81. The van der Waals surface area contributed by atoms with E-state index in [0.29, 0.717) is 30.6 Å². The van der Waals surface area contributed by atoms with Crippen molar-refractivity contribution in [2.75, 3.05) is 27.3 Å². The number of fused-ring (bicyclic) bond motifs is 1. The summed E-state index contributed by atoms with van der Waals surface area (Å²) in [6.45, 7) is 1.84. The second-order valence-corrected chi connectivity index (χ2v) is 7.77. The second kappa shape index (κ2) is 6.07. The van der Waals surface area contributed by atoms with Crippen LogP contribution in [-0.4, -0.2) is 44.0 Å². The number of carbonyl (C=O) groups is 1. The van der Waals surface area contributed by atoms with Gasteiger partial charge in [-0.3, -0.25) is 4.79 Å². The Labute approximate surface area is 144 Å². The average molecular weight is 329 g/mol. The van der Waals surface area contributed by atoms with Crippen molar-refractivity contribution in [2.24, 2.45) is 5.92 Å². The van der Waals surface area contributed by atoms with Crippen molar-refractivity contribution in [3.63, 3.8) is 0 Å². The van der Waals surface area contributed by atoms with Crippen molar-refractivity contribution in [1.82, 2.24) is 4.90 Å². The summed E-state index contributed by atoms with van der Waals surface area (Å²) < 4.78 is 11.6. The number of ether oxygens (including phenoxy) is 2. The van der Waals surface area contributed by atoms with Gasteiger partial charge in [0.15, 0.2) is 11.5 Å². The number of likely N-dealkylation sites (N-methyl/N-ethyl adjacent to an activating group) is 1. The molecule has 0 radical (unpaired) electrons. The van der Waals surface area contributed by atoms with Crippen LogP contribution >= 0.6 is 0 Å². The lowest BCUT2D eigenvalue weighted by Gasteiger charge is -2.41. The standard InChI is InChI=1S/C20H27NO3/c1-21-10-9-20(8-7-16(22)12-19(20)21)15-5-6-17(23-2)18(11-15)24-13-14-3-4-14/h5-6,11,14,19H,3-4,7-10,12-13H2,1-2H3/t19-,20-/m0/s1. The molecule has 3 aliphatic rings. The zero-order valence-electron chi connectivity index (χ0n) is 14.7. The van der Waals surface area contributed by atoms with Crippen LogP contribution in [0.25, 0.3) is 0 Å². The lowest BCUT2D eigenvalue weighted by atomic mass is 9.66. The van der Waals surface area contributed by atoms with Crippen LogP contribution in [-0.2, 0) is 10.2 Å². The summed E-state index contributed by atoms with van der Waals surface area (Å²) in [5.74, 6) is 2.80. The maximum absolute atomic E-state index is 12.0. The SMILES string of the molecule is COc1ccc([C@@]23CCC(=O)C[C@@H]2N(C)CC3)cc1OCC1CC1. The second-order valence-electron chi connectivity index (χ2n) is 7.77. The van der Waals surface area contributed by atoms with Gasteiger partial charge in [0, 0.05) is 24.3 Å². The quantitative estimate of drug-likeness (QED) is 0.832. The Morgan fingerprint density at radius 1 is 1.25 bits per heavy atom. The van der Waals surface area contributed by atoms with E-state index in [-0.39, 0.29) is 5.41 Å². The van der Waals surface area contributed by atoms with Crippen molar-refractivity contribution < 1.29 is 14.3 Å². The van der Waals surface area contributed by atoms with E-state index in [1.165, 1.54) is 18.4 Å². The van der Waals surface area contributed by atoms with Gasteiger partial charge < -0.3 is 14.4 Å². The van der Waals surface area contributed by atoms with Crippen molar-refractivity contribution in [3.05, 3.63) is 23.8 Å². The molecule has 1 aromatic rings. The summed E-state index contributed by atoms with van der Waals surface area (Å²) >= 11 is 0. The monoisotopic (exact) mass is 329 g/mol. The van der Waals surface area contributed by atoms with E-state index in [1.54, 1.807) is 7.11 Å². The van der Waals surface area contributed by atoms with Gasteiger partial charge in [-0.15, -0.1) is 0 Å². The van der Waals surface area contributed by atoms with E-state index in [4.69, 9.17) is 9.47 Å². The molecule has 0 aromatic heterocycles. The van der Waals surface area contributed by atoms with Crippen LogP contribution in [0.15, 0.2) is 18.2 Å². The van der Waals surface area contributed by atoms with E-state index in [0.717, 1.165) is 37.5 Å². The number of Topliss-reactive ketones (excluding diaryl/α,β-unsaturated/α-hetero) is 1. The van der Waals surface area contributed by atoms with Crippen LogP contribution in [0.2, 0.25) is 0 Å². The number of rotatable bonds is 5. The molecule has 130 valence electrons. The minimum Gasteiger partial charge on any atom is -0.493 e. The zero-order chi connectivity index (χ0) is 16.7. The number of nitrogens with zero attached hydrogens (tertiary/aromatic N) is 1. The maximum Gasteiger partial charge on any atom is 0.161 e. The normalized spacial score (nSPS) is 30.2. The molecule has 24 heavy (non-hydrogen) atoms. The predicted octanol–water partition coefficient (Wildman–Crippen LogP) is 3.18. The molecule has 3 fully saturated rings.